The van der Waals surface area contributed by atoms with Gasteiger partial charge in [-0.2, -0.15) is 15.3 Å². The molecular weight excluding hydrogens is 394 g/mol. The molecule has 0 bridgehead atoms. The van der Waals surface area contributed by atoms with Gasteiger partial charge in [-0.1, -0.05) is 46.0 Å². The van der Waals surface area contributed by atoms with Crippen LogP contribution in [-0.2, 0) is 6.54 Å². The Bertz CT molecular complexity index is 1030. The second-order valence-corrected chi connectivity index (χ2v) is 7.18. The van der Waals surface area contributed by atoms with Gasteiger partial charge in [0.25, 0.3) is 0 Å². The number of nitrogens with one attached hydrogen (secondary N) is 1. The molecule has 9 nitrogen and oxygen atoms in total. The molecule has 9 heteroatoms. The summed E-state index contributed by atoms with van der Waals surface area (Å²) in [6, 6.07) is 1.89. The minimum atomic E-state index is -0.846. The van der Waals surface area contributed by atoms with Gasteiger partial charge >= 0.3 is 0 Å². The second-order valence-electron chi connectivity index (χ2n) is 7.18. The molecular formula is C22H31N7O2. The van der Waals surface area contributed by atoms with Crippen LogP contribution in [0.3, 0.4) is 0 Å². The van der Waals surface area contributed by atoms with Gasteiger partial charge in [0.15, 0.2) is 0 Å². The van der Waals surface area contributed by atoms with Crippen molar-refractivity contribution in [2.45, 2.75) is 58.6 Å². The third-order valence-electron chi connectivity index (χ3n) is 4.95. The van der Waals surface area contributed by atoms with Crippen molar-refractivity contribution in [1.82, 2.24) is 34.6 Å². The summed E-state index contributed by atoms with van der Waals surface area (Å²) in [7, 11) is 0. The maximum absolute atomic E-state index is 9.52. The standard InChI is InChI=1S/C15H15N7O2.C5H10.C2H6/c23-9-12(24)7-21-6-11(5-19-21)13-8-22-14(1-2-18-22)15(20-13)10-3-16-17-4-10;1-2-4-5-3-1;1-2/h1-6,8,12,23-24H,7,9H2,(H,16,17);1-5H2;1-2H3. The van der Waals surface area contributed by atoms with Gasteiger partial charge in [-0.15, -0.1) is 0 Å². The van der Waals surface area contributed by atoms with Gasteiger partial charge in [0, 0.05) is 23.5 Å². The van der Waals surface area contributed by atoms with E-state index in [1.165, 1.54) is 32.1 Å². The fourth-order valence-electron chi connectivity index (χ4n) is 3.41. The largest absolute Gasteiger partial charge is 0.394 e. The first kappa shape index (κ1) is 22.6. The minimum absolute atomic E-state index is 0.217. The van der Waals surface area contributed by atoms with E-state index in [2.05, 4.69) is 20.4 Å². The number of aliphatic hydroxyl groups is 2. The monoisotopic (exact) mass is 425 g/mol. The Labute approximate surface area is 181 Å². The number of aliphatic hydroxyl groups excluding tert-OH is 2. The van der Waals surface area contributed by atoms with Crippen LogP contribution in [0, 0.1) is 0 Å². The van der Waals surface area contributed by atoms with Crippen LogP contribution in [0.5, 0.6) is 0 Å². The number of hydrogen-bond donors (Lipinski definition) is 3. The Morgan fingerprint density at radius 3 is 2.42 bits per heavy atom. The molecule has 4 aromatic heterocycles. The van der Waals surface area contributed by atoms with E-state index >= 15 is 0 Å². The zero-order valence-electron chi connectivity index (χ0n) is 18.1. The number of fused-ring (bicyclic) bond motifs is 1. The highest BCUT2D eigenvalue weighted by Gasteiger charge is 2.13. The first-order valence-electron chi connectivity index (χ1n) is 10.9. The average molecular weight is 426 g/mol. The van der Waals surface area contributed by atoms with Crippen molar-refractivity contribution in [2.75, 3.05) is 6.61 Å². The normalized spacial score (nSPS) is 13.9. The summed E-state index contributed by atoms with van der Waals surface area (Å²) < 4.78 is 3.33. The van der Waals surface area contributed by atoms with E-state index in [0.717, 1.165) is 22.3 Å². The van der Waals surface area contributed by atoms with Crippen molar-refractivity contribution in [2.24, 2.45) is 0 Å². The third kappa shape index (κ3) is 5.77. The highest BCUT2D eigenvalue weighted by atomic mass is 16.3. The van der Waals surface area contributed by atoms with Crippen molar-refractivity contribution in [3.63, 3.8) is 0 Å². The van der Waals surface area contributed by atoms with Gasteiger partial charge < -0.3 is 10.2 Å². The van der Waals surface area contributed by atoms with Crippen LogP contribution < -0.4 is 0 Å². The van der Waals surface area contributed by atoms with Gasteiger partial charge in [0.1, 0.15) is 0 Å². The Morgan fingerprint density at radius 1 is 1.03 bits per heavy atom. The number of aromatic amines is 1. The van der Waals surface area contributed by atoms with Crippen LogP contribution in [0.1, 0.15) is 46.0 Å². The Hall–Kier alpha value is -3.04. The molecule has 1 fully saturated rings. The molecule has 3 N–H and O–H groups in total. The molecule has 0 amide bonds. The molecule has 1 aliphatic carbocycles. The maximum Gasteiger partial charge on any atom is 0.0999 e. The molecule has 1 unspecified atom stereocenters. The summed E-state index contributed by atoms with van der Waals surface area (Å²) in [5.74, 6) is 0. The molecule has 4 aromatic rings. The first-order chi connectivity index (χ1) is 15.2. The van der Waals surface area contributed by atoms with Gasteiger partial charge in [0.2, 0.25) is 0 Å². The molecule has 5 rings (SSSR count). The van der Waals surface area contributed by atoms with Crippen molar-refractivity contribution in [1.29, 1.82) is 0 Å². The molecule has 1 atom stereocenters. The molecule has 31 heavy (non-hydrogen) atoms. The smallest absolute Gasteiger partial charge is 0.0999 e. The van der Waals surface area contributed by atoms with E-state index in [1.54, 1.807) is 40.2 Å². The highest BCUT2D eigenvalue weighted by molar-refractivity contribution is 5.78. The number of aromatic nitrogens is 7. The van der Waals surface area contributed by atoms with Gasteiger partial charge in [-0.3, -0.25) is 9.78 Å². The Morgan fingerprint density at radius 2 is 1.77 bits per heavy atom. The Balaban J connectivity index is 0.000000337. The molecule has 4 heterocycles. The van der Waals surface area contributed by atoms with E-state index in [-0.39, 0.29) is 13.2 Å². The molecule has 0 aliphatic heterocycles. The lowest BCUT2D eigenvalue weighted by molar-refractivity contribution is 0.0783. The van der Waals surface area contributed by atoms with E-state index in [4.69, 9.17) is 10.1 Å². The van der Waals surface area contributed by atoms with Gasteiger partial charge in [-0.05, 0) is 6.07 Å². The SMILES string of the molecule is C1CCCC1.CC.OCC(O)Cn1cc(-c2cn3nccc3c(-c3cn[nH]c3)n2)cn1. The topological polar surface area (TPSA) is 117 Å². The molecule has 1 saturated carbocycles. The second kappa shape index (κ2) is 11.4. The van der Waals surface area contributed by atoms with Crippen LogP contribution in [0.4, 0.5) is 0 Å². The number of hydrogen-bond acceptors (Lipinski definition) is 6. The summed E-state index contributed by atoms with van der Waals surface area (Å²) >= 11 is 0. The number of nitrogens with zero attached hydrogens (tertiary/aromatic N) is 6. The Kier molecular flexibility index (Phi) is 8.31. The highest BCUT2D eigenvalue weighted by Crippen LogP contribution is 2.25. The first-order valence-corrected chi connectivity index (χ1v) is 10.9. The van der Waals surface area contributed by atoms with E-state index in [1.807, 2.05) is 26.1 Å². The third-order valence-corrected chi connectivity index (χ3v) is 4.95. The van der Waals surface area contributed by atoms with Crippen LogP contribution in [0.15, 0.2) is 43.2 Å². The van der Waals surface area contributed by atoms with Gasteiger partial charge in [0.05, 0.1) is 60.9 Å². The molecule has 0 spiro atoms. The molecule has 166 valence electrons. The van der Waals surface area contributed by atoms with Crippen LogP contribution >= 0.6 is 0 Å². The minimum Gasteiger partial charge on any atom is -0.394 e. The lowest BCUT2D eigenvalue weighted by atomic mass is 10.2. The summed E-state index contributed by atoms with van der Waals surface area (Å²) in [6.07, 6.45) is 17.1. The van der Waals surface area contributed by atoms with Crippen molar-refractivity contribution in [3.05, 3.63) is 43.2 Å². The summed E-state index contributed by atoms with van der Waals surface area (Å²) in [5, 5.41) is 33.7. The zero-order valence-corrected chi connectivity index (χ0v) is 18.1. The molecule has 1 aliphatic rings. The quantitative estimate of drug-likeness (QED) is 0.452. The van der Waals surface area contributed by atoms with Crippen LogP contribution in [-0.4, -0.2) is 57.5 Å². The zero-order chi connectivity index (χ0) is 22.1. The van der Waals surface area contributed by atoms with E-state index < -0.39 is 6.10 Å². The van der Waals surface area contributed by atoms with Crippen molar-refractivity contribution >= 4 is 5.52 Å². The number of H-pyrrole nitrogens is 1. The lowest BCUT2D eigenvalue weighted by Gasteiger charge is -2.06. The lowest BCUT2D eigenvalue weighted by Crippen LogP contribution is -2.19. The van der Waals surface area contributed by atoms with Crippen molar-refractivity contribution < 1.29 is 10.2 Å². The molecule has 0 saturated heterocycles. The fraction of sp³-hybridized carbons (Fsp3) is 0.455. The number of rotatable bonds is 5. The van der Waals surface area contributed by atoms with Crippen LogP contribution in [0.25, 0.3) is 28.0 Å². The van der Waals surface area contributed by atoms with E-state index in [0.29, 0.717) is 5.69 Å². The van der Waals surface area contributed by atoms with Crippen molar-refractivity contribution in [3.8, 4) is 22.5 Å². The van der Waals surface area contributed by atoms with Crippen LogP contribution in [0.2, 0.25) is 0 Å². The predicted octanol–water partition coefficient (Wildman–Crippen LogP) is 3.31. The molecule has 0 aromatic carbocycles. The summed E-state index contributed by atoms with van der Waals surface area (Å²) in [5.41, 5.74) is 4.00. The average Bonchev–Trinajstić information content (AvgIpc) is 3.61. The summed E-state index contributed by atoms with van der Waals surface area (Å²) in [4.78, 5) is 4.71. The fourth-order valence-corrected chi connectivity index (χ4v) is 3.41. The maximum atomic E-state index is 9.52. The predicted molar refractivity (Wildman–Crippen MR) is 119 cm³/mol. The molecule has 0 radical (unpaired) electrons. The van der Waals surface area contributed by atoms with E-state index in [9.17, 15) is 5.11 Å². The van der Waals surface area contributed by atoms with Gasteiger partial charge in [-0.25, -0.2) is 9.50 Å². The summed E-state index contributed by atoms with van der Waals surface area (Å²) in [6.45, 7) is 3.91.